The van der Waals surface area contributed by atoms with Gasteiger partial charge in [-0.2, -0.15) is 0 Å². The number of carbonyl (C=O) groups is 1. The average molecular weight is 313 g/mol. The van der Waals surface area contributed by atoms with E-state index in [9.17, 15) is 9.90 Å². The molecule has 0 unspecified atom stereocenters. The third kappa shape index (κ3) is 2.97. The molecule has 0 bridgehead atoms. The average Bonchev–Trinajstić information content (AvgIpc) is 2.52. The number of hydrazine groups is 1. The van der Waals surface area contributed by atoms with Gasteiger partial charge in [-0.3, -0.25) is 15.6 Å². The number of hydrogen-bond donors (Lipinski definition) is 3. The largest absolute Gasteiger partial charge is 0.507 e. The fraction of sp³-hybridized carbons (Fsp3) is 0. The number of amides is 1. The van der Waals surface area contributed by atoms with Crippen LogP contribution >= 0.6 is 11.6 Å². The maximum Gasteiger partial charge on any atom is 0.273 e. The van der Waals surface area contributed by atoms with Crippen molar-refractivity contribution in [1.29, 1.82) is 0 Å². The predicted molar refractivity (Wildman–Crippen MR) is 88.2 cm³/mol. The molecule has 0 atom stereocenters. The molecule has 3 N–H and O–H groups in total. The molecule has 0 aliphatic rings. The van der Waals surface area contributed by atoms with Gasteiger partial charge in [-0.25, -0.2) is 0 Å². The van der Waals surface area contributed by atoms with Crippen molar-refractivity contribution in [3.05, 3.63) is 71.2 Å². The van der Waals surface area contributed by atoms with E-state index in [4.69, 9.17) is 11.6 Å². The Bertz CT molecular complexity index is 849. The highest BCUT2D eigenvalue weighted by molar-refractivity contribution is 6.30. The molecule has 0 aliphatic carbocycles. The number of phenols is 1. The lowest BCUT2D eigenvalue weighted by molar-refractivity contribution is 0.0960. The van der Waals surface area contributed by atoms with Gasteiger partial charge in [-0.05, 0) is 41.1 Å². The van der Waals surface area contributed by atoms with E-state index in [1.54, 1.807) is 36.4 Å². The van der Waals surface area contributed by atoms with E-state index < -0.39 is 5.91 Å². The van der Waals surface area contributed by atoms with Gasteiger partial charge in [0.15, 0.2) is 0 Å². The smallest absolute Gasteiger partial charge is 0.273 e. The highest BCUT2D eigenvalue weighted by Gasteiger charge is 2.12. The minimum atomic E-state index is -0.428. The van der Waals surface area contributed by atoms with Crippen molar-refractivity contribution in [2.75, 3.05) is 5.43 Å². The third-order valence-corrected chi connectivity index (χ3v) is 3.49. The second kappa shape index (κ2) is 5.95. The Morgan fingerprint density at radius 2 is 1.68 bits per heavy atom. The highest BCUT2D eigenvalue weighted by Crippen LogP contribution is 2.25. The van der Waals surface area contributed by atoms with E-state index >= 15 is 0 Å². The molecule has 3 rings (SSSR count). The molecule has 0 saturated heterocycles. The van der Waals surface area contributed by atoms with Gasteiger partial charge >= 0.3 is 0 Å². The Hall–Kier alpha value is -2.72. The van der Waals surface area contributed by atoms with Crippen molar-refractivity contribution in [2.24, 2.45) is 0 Å². The van der Waals surface area contributed by atoms with Gasteiger partial charge in [0.05, 0.1) is 11.3 Å². The van der Waals surface area contributed by atoms with Crippen molar-refractivity contribution in [2.45, 2.75) is 0 Å². The van der Waals surface area contributed by atoms with Gasteiger partial charge < -0.3 is 5.11 Å². The zero-order valence-electron chi connectivity index (χ0n) is 11.5. The van der Waals surface area contributed by atoms with E-state index in [0.717, 1.165) is 10.8 Å². The zero-order chi connectivity index (χ0) is 15.5. The highest BCUT2D eigenvalue weighted by atomic mass is 35.5. The zero-order valence-corrected chi connectivity index (χ0v) is 12.3. The quantitative estimate of drug-likeness (QED) is 0.642. The van der Waals surface area contributed by atoms with E-state index in [0.29, 0.717) is 10.7 Å². The number of benzene rings is 3. The summed E-state index contributed by atoms with van der Waals surface area (Å²) in [7, 11) is 0. The molecule has 0 fully saturated rings. The molecule has 0 aliphatic heterocycles. The summed E-state index contributed by atoms with van der Waals surface area (Å²) in [5.74, 6) is -0.493. The normalized spacial score (nSPS) is 10.4. The van der Waals surface area contributed by atoms with Crippen molar-refractivity contribution < 1.29 is 9.90 Å². The molecular weight excluding hydrogens is 300 g/mol. The van der Waals surface area contributed by atoms with Crippen LogP contribution in [0.3, 0.4) is 0 Å². The number of rotatable bonds is 3. The summed E-state index contributed by atoms with van der Waals surface area (Å²) in [4.78, 5) is 12.2. The summed E-state index contributed by atoms with van der Waals surface area (Å²) in [6, 6.07) is 17.7. The molecule has 0 heterocycles. The standard InChI is InChI=1S/C17H13ClN2O2/c18-13-6-3-7-14(10-13)19-20-17(22)15-8-11-4-1-2-5-12(11)9-16(15)21/h1-10,19,21H,(H,20,22). The van der Waals surface area contributed by atoms with Gasteiger partial charge in [0, 0.05) is 5.02 Å². The maximum atomic E-state index is 12.2. The first kappa shape index (κ1) is 14.2. The maximum absolute atomic E-state index is 12.2. The number of halogens is 1. The van der Waals surface area contributed by atoms with E-state index in [-0.39, 0.29) is 11.3 Å². The molecular formula is C17H13ClN2O2. The summed E-state index contributed by atoms with van der Waals surface area (Å²) in [5.41, 5.74) is 6.16. The summed E-state index contributed by atoms with van der Waals surface area (Å²) in [6.45, 7) is 0. The van der Waals surface area contributed by atoms with Gasteiger partial charge in [0.25, 0.3) is 5.91 Å². The lowest BCUT2D eigenvalue weighted by atomic mass is 10.1. The molecule has 3 aromatic carbocycles. The van der Waals surface area contributed by atoms with Crippen LogP contribution in [0.5, 0.6) is 5.75 Å². The monoisotopic (exact) mass is 312 g/mol. The lowest BCUT2D eigenvalue weighted by Gasteiger charge is -2.10. The first-order valence-corrected chi connectivity index (χ1v) is 7.05. The lowest BCUT2D eigenvalue weighted by Crippen LogP contribution is -2.29. The van der Waals surface area contributed by atoms with Gasteiger partial charge in [0.1, 0.15) is 5.75 Å². The minimum absolute atomic E-state index is 0.0657. The van der Waals surface area contributed by atoms with Gasteiger partial charge in [0.2, 0.25) is 0 Å². The van der Waals surface area contributed by atoms with Crippen LogP contribution in [0, 0.1) is 0 Å². The second-order valence-corrected chi connectivity index (χ2v) is 5.24. The predicted octanol–water partition coefficient (Wildman–Crippen LogP) is 3.96. The van der Waals surface area contributed by atoms with Crippen LogP contribution in [0.1, 0.15) is 10.4 Å². The summed E-state index contributed by atoms with van der Waals surface area (Å²) in [5, 5.41) is 12.3. The first-order chi connectivity index (χ1) is 10.6. The van der Waals surface area contributed by atoms with Crippen LogP contribution in [-0.4, -0.2) is 11.0 Å². The molecule has 1 amide bonds. The summed E-state index contributed by atoms with van der Waals surface area (Å²) >= 11 is 5.88. The van der Waals surface area contributed by atoms with Crippen molar-refractivity contribution in [1.82, 2.24) is 5.43 Å². The Morgan fingerprint density at radius 3 is 2.41 bits per heavy atom. The number of phenolic OH excluding ortho intramolecular Hbond substituents is 1. The van der Waals surface area contributed by atoms with Crippen LogP contribution in [0.25, 0.3) is 10.8 Å². The Balaban J connectivity index is 1.81. The van der Waals surface area contributed by atoms with E-state index in [1.165, 1.54) is 0 Å². The number of anilines is 1. The molecule has 3 aromatic rings. The van der Waals surface area contributed by atoms with Gasteiger partial charge in [-0.15, -0.1) is 0 Å². The number of nitrogens with one attached hydrogen (secondary N) is 2. The van der Waals surface area contributed by atoms with Crippen LogP contribution in [0.15, 0.2) is 60.7 Å². The molecule has 0 radical (unpaired) electrons. The van der Waals surface area contributed by atoms with Gasteiger partial charge in [-0.1, -0.05) is 41.9 Å². The topological polar surface area (TPSA) is 61.4 Å². The van der Waals surface area contributed by atoms with Crippen molar-refractivity contribution in [3.63, 3.8) is 0 Å². The third-order valence-electron chi connectivity index (χ3n) is 3.25. The molecule has 5 heteroatoms. The van der Waals surface area contributed by atoms with Crippen LogP contribution in [-0.2, 0) is 0 Å². The SMILES string of the molecule is O=C(NNc1cccc(Cl)c1)c1cc2ccccc2cc1O. The Kier molecular flexibility index (Phi) is 3.85. The Morgan fingerprint density at radius 1 is 0.955 bits per heavy atom. The number of hydrogen-bond acceptors (Lipinski definition) is 3. The Labute approximate surface area is 132 Å². The fourth-order valence-corrected chi connectivity index (χ4v) is 2.36. The number of aromatic hydroxyl groups is 1. The second-order valence-electron chi connectivity index (χ2n) is 4.81. The molecule has 4 nitrogen and oxygen atoms in total. The molecule has 0 aromatic heterocycles. The molecule has 22 heavy (non-hydrogen) atoms. The summed E-state index contributed by atoms with van der Waals surface area (Å²) < 4.78 is 0. The van der Waals surface area contributed by atoms with E-state index in [2.05, 4.69) is 10.9 Å². The molecule has 0 spiro atoms. The number of carbonyl (C=O) groups excluding carboxylic acids is 1. The van der Waals surface area contributed by atoms with Crippen LogP contribution < -0.4 is 10.9 Å². The fourth-order valence-electron chi connectivity index (χ4n) is 2.17. The van der Waals surface area contributed by atoms with Crippen LogP contribution in [0.2, 0.25) is 5.02 Å². The van der Waals surface area contributed by atoms with E-state index in [1.807, 2.05) is 24.3 Å². The summed E-state index contributed by atoms with van der Waals surface area (Å²) in [6.07, 6.45) is 0. The molecule has 110 valence electrons. The number of fused-ring (bicyclic) bond motifs is 1. The van der Waals surface area contributed by atoms with Crippen LogP contribution in [0.4, 0.5) is 5.69 Å². The first-order valence-electron chi connectivity index (χ1n) is 6.67. The minimum Gasteiger partial charge on any atom is -0.507 e. The molecule has 0 saturated carbocycles. The van der Waals surface area contributed by atoms with Crippen molar-refractivity contribution in [3.8, 4) is 5.75 Å². The van der Waals surface area contributed by atoms with Crippen molar-refractivity contribution >= 4 is 34.0 Å².